The van der Waals surface area contributed by atoms with Crippen molar-refractivity contribution in [3.05, 3.63) is 76.1 Å². The summed E-state index contributed by atoms with van der Waals surface area (Å²) in [4.78, 5) is 14.9. The number of aromatic nitrogens is 1. The molecule has 0 fully saturated rings. The summed E-state index contributed by atoms with van der Waals surface area (Å²) in [6, 6.07) is 9.29. The Hall–Kier alpha value is -2.69. The third-order valence-electron chi connectivity index (χ3n) is 4.60. The van der Waals surface area contributed by atoms with Crippen molar-refractivity contribution >= 4 is 11.4 Å². The fourth-order valence-electron chi connectivity index (χ4n) is 3.59. The molecule has 1 aliphatic carbocycles. The van der Waals surface area contributed by atoms with Crippen molar-refractivity contribution in [3.63, 3.8) is 0 Å². The Bertz CT molecular complexity index is 758. The van der Waals surface area contributed by atoms with Crippen LogP contribution in [0, 0.1) is 16.0 Å². The summed E-state index contributed by atoms with van der Waals surface area (Å²) < 4.78 is 0. The van der Waals surface area contributed by atoms with E-state index in [1.807, 2.05) is 18.3 Å². The summed E-state index contributed by atoms with van der Waals surface area (Å²) >= 11 is 0. The van der Waals surface area contributed by atoms with Crippen LogP contribution in [0.2, 0.25) is 0 Å². The van der Waals surface area contributed by atoms with Gasteiger partial charge in [-0.3, -0.25) is 15.1 Å². The van der Waals surface area contributed by atoms with Gasteiger partial charge >= 0.3 is 0 Å². The number of nitro groups is 1. The molecule has 4 rings (SSSR count). The number of allylic oxidation sites excluding steroid dienone is 2. The summed E-state index contributed by atoms with van der Waals surface area (Å²) in [5, 5.41) is 14.6. The van der Waals surface area contributed by atoms with E-state index in [1.165, 1.54) is 0 Å². The van der Waals surface area contributed by atoms with E-state index < -0.39 is 0 Å². The number of hydrogen-bond acceptors (Lipinski definition) is 4. The highest BCUT2D eigenvalue weighted by Gasteiger charge is 2.38. The first kappa shape index (κ1) is 13.0. The predicted molar refractivity (Wildman–Crippen MR) is 83.7 cm³/mol. The average Bonchev–Trinajstić information content (AvgIpc) is 3.04. The van der Waals surface area contributed by atoms with Gasteiger partial charge in [-0.15, -0.1) is 0 Å². The molecule has 1 N–H and O–H groups in total. The maximum atomic E-state index is 11.0. The highest BCUT2D eigenvalue weighted by molar-refractivity contribution is 5.62. The molecule has 1 aromatic heterocycles. The van der Waals surface area contributed by atoms with Crippen LogP contribution in [-0.4, -0.2) is 9.91 Å². The van der Waals surface area contributed by atoms with E-state index in [4.69, 9.17) is 0 Å². The number of benzene rings is 1. The highest BCUT2D eigenvalue weighted by Crippen LogP contribution is 2.50. The van der Waals surface area contributed by atoms with Gasteiger partial charge in [0.15, 0.2) is 0 Å². The predicted octanol–water partition coefficient (Wildman–Crippen LogP) is 3.82. The second-order valence-corrected chi connectivity index (χ2v) is 5.79. The monoisotopic (exact) mass is 293 g/mol. The Morgan fingerprint density at radius 2 is 2.23 bits per heavy atom. The zero-order valence-electron chi connectivity index (χ0n) is 11.8. The number of nitro benzene ring substituents is 1. The van der Waals surface area contributed by atoms with Crippen molar-refractivity contribution < 1.29 is 4.92 Å². The quantitative estimate of drug-likeness (QED) is 0.519. The SMILES string of the molecule is O=[N+]([O-])c1ccc2c(c1)[C@@H]1C=CC[C@H]1[C@H](c1cccnc1)N2. The molecule has 0 amide bonds. The van der Waals surface area contributed by atoms with Crippen LogP contribution in [0.25, 0.3) is 0 Å². The van der Waals surface area contributed by atoms with Gasteiger partial charge in [0, 0.05) is 36.1 Å². The van der Waals surface area contributed by atoms with E-state index in [9.17, 15) is 10.1 Å². The maximum Gasteiger partial charge on any atom is 0.269 e. The van der Waals surface area contributed by atoms with E-state index in [-0.39, 0.29) is 22.6 Å². The Balaban J connectivity index is 1.79. The largest absolute Gasteiger partial charge is 0.378 e. The Morgan fingerprint density at radius 3 is 3.00 bits per heavy atom. The zero-order valence-corrected chi connectivity index (χ0v) is 11.8. The Morgan fingerprint density at radius 1 is 1.32 bits per heavy atom. The number of pyridine rings is 1. The van der Waals surface area contributed by atoms with Gasteiger partial charge in [-0.1, -0.05) is 18.2 Å². The third kappa shape index (κ3) is 1.97. The van der Waals surface area contributed by atoms with Gasteiger partial charge in [0.05, 0.1) is 11.0 Å². The van der Waals surface area contributed by atoms with Crippen molar-refractivity contribution in [1.82, 2.24) is 4.98 Å². The normalized spacial score (nSPS) is 25.2. The van der Waals surface area contributed by atoms with Crippen molar-refractivity contribution in [2.75, 3.05) is 5.32 Å². The summed E-state index contributed by atoms with van der Waals surface area (Å²) in [6.45, 7) is 0. The lowest BCUT2D eigenvalue weighted by molar-refractivity contribution is -0.384. The number of rotatable bonds is 2. The molecule has 0 bridgehead atoms. The first-order valence-electron chi connectivity index (χ1n) is 7.35. The lowest BCUT2D eigenvalue weighted by atomic mass is 9.77. The number of anilines is 1. The lowest BCUT2D eigenvalue weighted by Crippen LogP contribution is -2.29. The molecule has 0 saturated heterocycles. The molecule has 0 saturated carbocycles. The lowest BCUT2D eigenvalue weighted by Gasteiger charge is -2.37. The molecule has 5 nitrogen and oxygen atoms in total. The average molecular weight is 293 g/mol. The van der Waals surface area contributed by atoms with Crippen LogP contribution >= 0.6 is 0 Å². The van der Waals surface area contributed by atoms with Crippen LogP contribution in [0.1, 0.15) is 29.5 Å². The summed E-state index contributed by atoms with van der Waals surface area (Å²) in [5.41, 5.74) is 3.31. The van der Waals surface area contributed by atoms with Crippen LogP contribution < -0.4 is 5.32 Å². The van der Waals surface area contributed by atoms with Crippen LogP contribution in [0.3, 0.4) is 0 Å². The van der Waals surface area contributed by atoms with E-state index >= 15 is 0 Å². The van der Waals surface area contributed by atoms with Crippen LogP contribution in [-0.2, 0) is 0 Å². The maximum absolute atomic E-state index is 11.0. The van der Waals surface area contributed by atoms with Crippen molar-refractivity contribution in [2.45, 2.75) is 18.4 Å². The van der Waals surface area contributed by atoms with Crippen molar-refractivity contribution in [2.24, 2.45) is 5.92 Å². The van der Waals surface area contributed by atoms with Gasteiger partial charge < -0.3 is 5.32 Å². The molecule has 5 heteroatoms. The molecular weight excluding hydrogens is 278 g/mol. The number of nitrogens with one attached hydrogen (secondary N) is 1. The Labute approximate surface area is 127 Å². The molecular formula is C17H15N3O2. The molecule has 2 aromatic rings. The number of fused-ring (bicyclic) bond motifs is 3. The van der Waals surface area contributed by atoms with Gasteiger partial charge in [0.2, 0.25) is 0 Å². The minimum absolute atomic E-state index is 0.152. The molecule has 2 heterocycles. The molecule has 0 unspecified atom stereocenters. The van der Waals surface area contributed by atoms with E-state index in [1.54, 1.807) is 18.3 Å². The molecule has 2 aliphatic rings. The van der Waals surface area contributed by atoms with Gasteiger partial charge in [0.1, 0.15) is 0 Å². The van der Waals surface area contributed by atoms with E-state index in [0.717, 1.165) is 23.2 Å². The number of hydrogen-bond donors (Lipinski definition) is 1. The molecule has 0 radical (unpaired) electrons. The zero-order chi connectivity index (χ0) is 15.1. The Kier molecular flexibility index (Phi) is 2.92. The molecule has 110 valence electrons. The van der Waals surface area contributed by atoms with Gasteiger partial charge in [0.25, 0.3) is 5.69 Å². The molecule has 3 atom stereocenters. The first-order chi connectivity index (χ1) is 10.7. The molecule has 1 aromatic carbocycles. The second kappa shape index (κ2) is 4.94. The minimum atomic E-state index is -0.332. The molecule has 22 heavy (non-hydrogen) atoms. The topological polar surface area (TPSA) is 68.1 Å². The fourth-order valence-corrected chi connectivity index (χ4v) is 3.59. The third-order valence-corrected chi connectivity index (χ3v) is 4.60. The van der Waals surface area contributed by atoms with Crippen molar-refractivity contribution in [3.8, 4) is 0 Å². The fraction of sp³-hybridized carbons (Fsp3) is 0.235. The second-order valence-electron chi connectivity index (χ2n) is 5.79. The number of nitrogens with zero attached hydrogens (tertiary/aromatic N) is 2. The van der Waals surface area contributed by atoms with Crippen LogP contribution in [0.4, 0.5) is 11.4 Å². The highest BCUT2D eigenvalue weighted by atomic mass is 16.6. The van der Waals surface area contributed by atoms with Crippen LogP contribution in [0.15, 0.2) is 54.9 Å². The van der Waals surface area contributed by atoms with Gasteiger partial charge in [-0.2, -0.15) is 0 Å². The van der Waals surface area contributed by atoms with Gasteiger partial charge in [-0.25, -0.2) is 0 Å². The summed E-state index contributed by atoms with van der Waals surface area (Å²) in [6.07, 6.45) is 8.99. The standard InChI is InChI=1S/C17H15N3O2/c21-20(22)12-6-7-16-15(9-12)13-4-1-5-14(13)17(19-16)11-3-2-8-18-10-11/h1-4,6-10,13-14,17,19H,5H2/t13-,14-,17+/m1/s1. The minimum Gasteiger partial charge on any atom is -0.378 e. The summed E-state index contributed by atoms with van der Waals surface area (Å²) in [7, 11) is 0. The van der Waals surface area contributed by atoms with Crippen molar-refractivity contribution in [1.29, 1.82) is 0 Å². The molecule has 0 spiro atoms. The molecule has 1 aliphatic heterocycles. The smallest absolute Gasteiger partial charge is 0.269 e. The van der Waals surface area contributed by atoms with Crippen LogP contribution in [0.5, 0.6) is 0 Å². The number of non-ortho nitro benzene ring substituents is 1. The first-order valence-corrected chi connectivity index (χ1v) is 7.35. The van der Waals surface area contributed by atoms with E-state index in [0.29, 0.717) is 5.92 Å². The van der Waals surface area contributed by atoms with Gasteiger partial charge in [-0.05, 0) is 35.6 Å². The summed E-state index contributed by atoms with van der Waals surface area (Å²) in [5.74, 6) is 0.597. The van der Waals surface area contributed by atoms with E-state index in [2.05, 4.69) is 28.5 Å².